The number of hydrogen-bond acceptors (Lipinski definition) is 7. The quantitative estimate of drug-likeness (QED) is 0.197. The molecule has 0 aliphatic rings. The van der Waals surface area contributed by atoms with Crippen molar-refractivity contribution in [3.8, 4) is 29.1 Å². The number of aromatic nitrogens is 1. The minimum absolute atomic E-state index is 0.152. The van der Waals surface area contributed by atoms with Crippen molar-refractivity contribution in [3.05, 3.63) is 113 Å². The smallest absolute Gasteiger partial charge is 0.162 e. The minimum atomic E-state index is 0.152. The van der Waals surface area contributed by atoms with Gasteiger partial charge in [0.05, 0.1) is 31.0 Å². The van der Waals surface area contributed by atoms with E-state index in [1.807, 2.05) is 79.7 Å². The first-order chi connectivity index (χ1) is 19.9. The molecular weight excluding hydrogens is 514 g/mol. The number of aryl methyl sites for hydroxylation is 1. The van der Waals surface area contributed by atoms with Gasteiger partial charge in [0.2, 0.25) is 0 Å². The van der Waals surface area contributed by atoms with Crippen molar-refractivity contribution >= 4 is 28.1 Å². The highest BCUT2D eigenvalue weighted by atomic mass is 16.5. The summed E-state index contributed by atoms with van der Waals surface area (Å²) in [5.41, 5.74) is 5.53. The predicted molar refractivity (Wildman–Crippen MR) is 159 cm³/mol. The molecule has 4 aromatic carbocycles. The summed E-state index contributed by atoms with van der Waals surface area (Å²) in [7, 11) is 3.13. The summed E-state index contributed by atoms with van der Waals surface area (Å²) in [6.07, 6.45) is 2.28. The van der Waals surface area contributed by atoms with E-state index in [-0.39, 0.29) is 5.78 Å². The lowest BCUT2D eigenvalue weighted by atomic mass is 10.0. The van der Waals surface area contributed by atoms with Crippen molar-refractivity contribution in [2.75, 3.05) is 19.5 Å². The first kappa shape index (κ1) is 27.2. The third-order valence-electron chi connectivity index (χ3n) is 6.64. The van der Waals surface area contributed by atoms with E-state index in [2.05, 4.69) is 16.4 Å². The predicted octanol–water partition coefficient (Wildman–Crippen LogP) is 7.32. The normalized spacial score (nSPS) is 10.6. The van der Waals surface area contributed by atoms with E-state index in [4.69, 9.17) is 14.2 Å². The number of nitrogens with one attached hydrogen (secondary N) is 1. The van der Waals surface area contributed by atoms with Gasteiger partial charge in [0, 0.05) is 36.2 Å². The van der Waals surface area contributed by atoms with Gasteiger partial charge in [-0.1, -0.05) is 42.0 Å². The Morgan fingerprint density at radius 1 is 0.854 bits per heavy atom. The second-order valence-corrected chi connectivity index (χ2v) is 9.66. The van der Waals surface area contributed by atoms with Crippen LogP contribution in [-0.2, 0) is 17.6 Å². The highest BCUT2D eigenvalue weighted by molar-refractivity contribution is 5.97. The molecule has 5 rings (SSSR count). The minimum Gasteiger partial charge on any atom is -0.493 e. The molecule has 7 heteroatoms. The van der Waals surface area contributed by atoms with Crippen LogP contribution in [0.15, 0.2) is 91.1 Å². The fourth-order valence-electron chi connectivity index (χ4n) is 4.68. The molecule has 7 nitrogen and oxygen atoms in total. The maximum Gasteiger partial charge on any atom is 0.162 e. The molecule has 204 valence electrons. The molecule has 0 radical (unpaired) electrons. The third-order valence-corrected chi connectivity index (χ3v) is 6.64. The lowest BCUT2D eigenvalue weighted by Crippen LogP contribution is -2.06. The lowest BCUT2D eigenvalue weighted by molar-refractivity contribution is -0.117. The topological polar surface area (TPSA) is 93.5 Å². The molecule has 0 bridgehead atoms. The number of methoxy groups -OCH3 is 2. The number of ketones is 1. The van der Waals surface area contributed by atoms with Gasteiger partial charge in [-0.3, -0.25) is 9.78 Å². The molecular formula is C34H29N3O4. The third kappa shape index (κ3) is 6.45. The van der Waals surface area contributed by atoms with Crippen molar-refractivity contribution in [1.29, 1.82) is 5.26 Å². The monoisotopic (exact) mass is 543 g/mol. The van der Waals surface area contributed by atoms with E-state index in [0.29, 0.717) is 52.6 Å². The van der Waals surface area contributed by atoms with Crippen molar-refractivity contribution in [1.82, 2.24) is 4.98 Å². The summed E-state index contributed by atoms with van der Waals surface area (Å²) in [6, 6.07) is 28.8. The van der Waals surface area contributed by atoms with Crippen LogP contribution in [0.1, 0.15) is 22.3 Å². The number of anilines is 2. The number of nitrogens with zero attached hydrogens (tertiary/aromatic N) is 2. The molecule has 41 heavy (non-hydrogen) atoms. The SMILES string of the molecule is COc1cc2ncc(C#N)c(Nc3ccc(Oc4cccc(CC(=O)Cc5cccc(C)c5)c4)cc3)c2cc1OC. The molecule has 0 unspecified atom stereocenters. The maximum absolute atomic E-state index is 12.7. The van der Waals surface area contributed by atoms with Gasteiger partial charge < -0.3 is 19.5 Å². The van der Waals surface area contributed by atoms with Crippen LogP contribution < -0.4 is 19.5 Å². The average molecular weight is 544 g/mol. The van der Waals surface area contributed by atoms with E-state index in [1.165, 1.54) is 6.20 Å². The number of fused-ring (bicyclic) bond motifs is 1. The largest absolute Gasteiger partial charge is 0.493 e. The van der Waals surface area contributed by atoms with Crippen LogP contribution in [-0.4, -0.2) is 25.0 Å². The zero-order valence-electron chi connectivity index (χ0n) is 23.1. The second-order valence-electron chi connectivity index (χ2n) is 9.66. The number of nitriles is 1. The maximum atomic E-state index is 12.7. The van der Waals surface area contributed by atoms with Crippen molar-refractivity contribution in [2.45, 2.75) is 19.8 Å². The number of ether oxygens (including phenoxy) is 3. The molecule has 0 aliphatic heterocycles. The molecule has 0 saturated heterocycles. The fraction of sp³-hybridized carbons (Fsp3) is 0.147. The summed E-state index contributed by atoms with van der Waals surface area (Å²) < 4.78 is 16.9. The number of carbonyl (C=O) groups excluding carboxylic acids is 1. The number of benzene rings is 4. The fourth-order valence-corrected chi connectivity index (χ4v) is 4.68. The van der Waals surface area contributed by atoms with Crippen LogP contribution in [0.4, 0.5) is 11.4 Å². The molecule has 0 saturated carbocycles. The molecule has 5 aromatic rings. The Bertz CT molecular complexity index is 1760. The molecule has 0 fully saturated rings. The Balaban J connectivity index is 1.30. The van der Waals surface area contributed by atoms with Gasteiger partial charge in [0.1, 0.15) is 23.4 Å². The van der Waals surface area contributed by atoms with Gasteiger partial charge in [0.25, 0.3) is 0 Å². The average Bonchev–Trinajstić information content (AvgIpc) is 2.97. The summed E-state index contributed by atoms with van der Waals surface area (Å²) >= 11 is 0. The van der Waals surface area contributed by atoms with Crippen LogP contribution >= 0.6 is 0 Å². The molecule has 0 amide bonds. The van der Waals surface area contributed by atoms with E-state index in [9.17, 15) is 10.1 Å². The van der Waals surface area contributed by atoms with Gasteiger partial charge in [-0.05, 0) is 60.5 Å². The summed E-state index contributed by atoms with van der Waals surface area (Å²) in [5, 5.41) is 13.8. The van der Waals surface area contributed by atoms with Crippen LogP contribution in [0.3, 0.4) is 0 Å². The van der Waals surface area contributed by atoms with E-state index >= 15 is 0 Å². The molecule has 0 spiro atoms. The highest BCUT2D eigenvalue weighted by Gasteiger charge is 2.14. The Hall–Kier alpha value is -5.35. The molecule has 1 N–H and O–H groups in total. The van der Waals surface area contributed by atoms with Crippen molar-refractivity contribution in [3.63, 3.8) is 0 Å². The number of Topliss-reactive ketones (excluding diaryl/α,β-unsaturated/α-hetero) is 1. The Morgan fingerprint density at radius 3 is 2.22 bits per heavy atom. The summed E-state index contributed by atoms with van der Waals surface area (Å²) in [4.78, 5) is 17.1. The van der Waals surface area contributed by atoms with Crippen molar-refractivity contribution in [2.24, 2.45) is 0 Å². The first-order valence-electron chi connectivity index (χ1n) is 13.1. The van der Waals surface area contributed by atoms with Crippen LogP contribution in [0.5, 0.6) is 23.0 Å². The van der Waals surface area contributed by atoms with Crippen LogP contribution in [0.25, 0.3) is 10.9 Å². The van der Waals surface area contributed by atoms with Crippen LogP contribution in [0, 0.1) is 18.3 Å². The van der Waals surface area contributed by atoms with Gasteiger partial charge in [-0.2, -0.15) is 5.26 Å². The highest BCUT2D eigenvalue weighted by Crippen LogP contribution is 2.37. The van der Waals surface area contributed by atoms with Crippen LogP contribution in [0.2, 0.25) is 0 Å². The lowest BCUT2D eigenvalue weighted by Gasteiger charge is -2.15. The van der Waals surface area contributed by atoms with E-state index in [1.54, 1.807) is 26.4 Å². The zero-order chi connectivity index (χ0) is 28.8. The zero-order valence-corrected chi connectivity index (χ0v) is 23.1. The molecule has 1 heterocycles. The molecule has 0 aliphatic carbocycles. The number of rotatable bonds is 10. The number of hydrogen-bond donors (Lipinski definition) is 1. The summed E-state index contributed by atoms with van der Waals surface area (Å²) in [5.74, 6) is 2.55. The second kappa shape index (κ2) is 12.2. The Kier molecular flexibility index (Phi) is 8.12. The standard InChI is InChI=1S/C34H29N3O4/c1-22-6-4-7-23(14-22)15-27(38)16-24-8-5-9-29(17-24)41-28-12-10-26(11-13-28)37-34-25(20-35)21-36-31-19-33(40-3)32(39-2)18-30(31)34/h4-14,17-19,21H,15-16H2,1-3H3,(H,36,37). The van der Waals surface area contributed by atoms with E-state index in [0.717, 1.165) is 27.8 Å². The summed E-state index contributed by atoms with van der Waals surface area (Å²) in [6.45, 7) is 2.02. The van der Waals surface area contributed by atoms with Gasteiger partial charge in [0.15, 0.2) is 11.5 Å². The van der Waals surface area contributed by atoms with Gasteiger partial charge in [-0.15, -0.1) is 0 Å². The number of carbonyl (C=O) groups is 1. The van der Waals surface area contributed by atoms with Gasteiger partial charge in [-0.25, -0.2) is 0 Å². The Morgan fingerprint density at radius 2 is 1.54 bits per heavy atom. The first-order valence-corrected chi connectivity index (χ1v) is 13.1. The molecule has 1 aromatic heterocycles. The Labute approximate surface area is 239 Å². The van der Waals surface area contributed by atoms with Crippen molar-refractivity contribution < 1.29 is 19.0 Å². The van der Waals surface area contributed by atoms with E-state index < -0.39 is 0 Å². The van der Waals surface area contributed by atoms with Gasteiger partial charge >= 0.3 is 0 Å². The molecule has 0 atom stereocenters. The number of pyridine rings is 1.